The molecule has 0 amide bonds. The van der Waals surface area contributed by atoms with Gasteiger partial charge in [0, 0.05) is 11.6 Å². The first-order chi connectivity index (χ1) is 13.1. The van der Waals surface area contributed by atoms with Gasteiger partial charge in [0.1, 0.15) is 18.1 Å². The van der Waals surface area contributed by atoms with Crippen molar-refractivity contribution in [2.45, 2.75) is 12.6 Å². The van der Waals surface area contributed by atoms with E-state index < -0.39 is 29.1 Å². The molecular formula is C17H12Cl2F3NO5. The van der Waals surface area contributed by atoms with Crippen molar-refractivity contribution in [1.82, 2.24) is 0 Å². The van der Waals surface area contributed by atoms with E-state index in [1.54, 1.807) is 0 Å². The Morgan fingerprint density at radius 3 is 2.46 bits per heavy atom. The molecule has 0 saturated carbocycles. The molecule has 0 radical (unpaired) electrons. The van der Waals surface area contributed by atoms with Crippen molar-refractivity contribution in [2.75, 3.05) is 12.5 Å². The molecule has 0 aliphatic carbocycles. The monoisotopic (exact) mass is 437 g/mol. The Balaban J connectivity index is 2.28. The second kappa shape index (κ2) is 9.11. The number of nitro benzene ring substituents is 1. The van der Waals surface area contributed by atoms with E-state index in [4.69, 9.17) is 32.7 Å². The van der Waals surface area contributed by atoms with E-state index in [1.807, 2.05) is 0 Å². The molecule has 0 aromatic heterocycles. The Morgan fingerprint density at radius 2 is 1.89 bits per heavy atom. The average Bonchev–Trinajstić information content (AvgIpc) is 2.60. The maximum absolute atomic E-state index is 12.7. The number of esters is 1. The summed E-state index contributed by atoms with van der Waals surface area (Å²) in [4.78, 5) is 22.2. The normalized spacial score (nSPS) is 11.2. The molecule has 11 heteroatoms. The van der Waals surface area contributed by atoms with Gasteiger partial charge >= 0.3 is 12.1 Å². The number of nitrogens with zero attached hydrogens (tertiary/aromatic N) is 1. The van der Waals surface area contributed by atoms with Crippen molar-refractivity contribution < 1.29 is 32.4 Å². The minimum atomic E-state index is -4.56. The average molecular weight is 438 g/mol. The molecule has 0 atom stereocenters. The Labute approximate surface area is 166 Å². The zero-order valence-corrected chi connectivity index (χ0v) is 15.5. The van der Waals surface area contributed by atoms with Crippen LogP contribution in [0.25, 0.3) is 0 Å². The van der Waals surface area contributed by atoms with Crippen LogP contribution >= 0.6 is 23.2 Å². The number of hydrogen-bond donors (Lipinski definition) is 0. The molecule has 0 N–H and O–H groups in total. The second-order valence-electron chi connectivity index (χ2n) is 5.38. The maximum Gasteiger partial charge on any atom is 0.416 e. The third kappa shape index (κ3) is 5.74. The smallest absolute Gasteiger partial charge is 0.416 e. The molecule has 0 saturated heterocycles. The summed E-state index contributed by atoms with van der Waals surface area (Å²) in [5.41, 5.74) is -1.28. The molecule has 150 valence electrons. The van der Waals surface area contributed by atoms with Crippen LogP contribution in [-0.4, -0.2) is 23.4 Å². The molecule has 0 heterocycles. The van der Waals surface area contributed by atoms with Crippen molar-refractivity contribution in [3.63, 3.8) is 0 Å². The topological polar surface area (TPSA) is 78.7 Å². The lowest BCUT2D eigenvalue weighted by Gasteiger charge is -2.12. The summed E-state index contributed by atoms with van der Waals surface area (Å²) in [6, 6.07) is 6.08. The molecular weight excluding hydrogens is 426 g/mol. The Hall–Kier alpha value is -2.52. The molecule has 0 spiro atoms. The van der Waals surface area contributed by atoms with E-state index in [2.05, 4.69) is 0 Å². The van der Waals surface area contributed by atoms with Gasteiger partial charge in [0.15, 0.2) is 0 Å². The Morgan fingerprint density at radius 1 is 1.18 bits per heavy atom. The van der Waals surface area contributed by atoms with Crippen LogP contribution in [0, 0.1) is 10.1 Å². The first kappa shape index (κ1) is 21.8. The summed E-state index contributed by atoms with van der Waals surface area (Å²) in [5, 5.41) is 10.8. The van der Waals surface area contributed by atoms with Crippen LogP contribution in [0.5, 0.6) is 11.5 Å². The number of nitro groups is 1. The molecule has 0 aliphatic heterocycles. The summed E-state index contributed by atoms with van der Waals surface area (Å²) < 4.78 is 48.3. The van der Waals surface area contributed by atoms with Gasteiger partial charge in [-0.15, -0.1) is 11.6 Å². The van der Waals surface area contributed by atoms with Crippen LogP contribution < -0.4 is 4.74 Å². The second-order valence-corrected chi connectivity index (χ2v) is 6.16. The maximum atomic E-state index is 12.7. The van der Waals surface area contributed by atoms with Gasteiger partial charge in [-0.25, -0.2) is 0 Å². The van der Waals surface area contributed by atoms with Crippen LogP contribution in [0.4, 0.5) is 18.9 Å². The van der Waals surface area contributed by atoms with Gasteiger partial charge < -0.3 is 9.47 Å². The summed E-state index contributed by atoms with van der Waals surface area (Å²) in [6.07, 6.45) is -4.97. The predicted molar refractivity (Wildman–Crippen MR) is 95.0 cm³/mol. The van der Waals surface area contributed by atoms with Gasteiger partial charge in [-0.2, -0.15) is 13.2 Å². The third-order valence-electron chi connectivity index (χ3n) is 3.41. The largest absolute Gasteiger partial charge is 0.464 e. The highest BCUT2D eigenvalue weighted by molar-refractivity contribution is 6.32. The lowest BCUT2D eigenvalue weighted by molar-refractivity contribution is -0.385. The molecule has 0 fully saturated rings. The predicted octanol–water partition coefficient (Wildman–Crippen LogP) is 5.38. The highest BCUT2D eigenvalue weighted by atomic mass is 35.5. The zero-order valence-electron chi connectivity index (χ0n) is 14.0. The van der Waals surface area contributed by atoms with Crippen LogP contribution in [0.2, 0.25) is 5.02 Å². The number of hydrogen-bond acceptors (Lipinski definition) is 5. The minimum absolute atomic E-state index is 0.00473. The van der Waals surface area contributed by atoms with Crippen LogP contribution in [0.15, 0.2) is 36.4 Å². The summed E-state index contributed by atoms with van der Waals surface area (Å²) >= 11 is 11.2. The van der Waals surface area contributed by atoms with E-state index in [0.717, 1.165) is 18.2 Å². The lowest BCUT2D eigenvalue weighted by Crippen LogP contribution is -2.11. The number of rotatable bonds is 7. The van der Waals surface area contributed by atoms with Gasteiger partial charge in [-0.1, -0.05) is 11.6 Å². The first-order valence-electron chi connectivity index (χ1n) is 7.65. The van der Waals surface area contributed by atoms with E-state index in [0.29, 0.717) is 6.07 Å². The third-order valence-corrected chi connectivity index (χ3v) is 3.86. The van der Waals surface area contributed by atoms with E-state index >= 15 is 0 Å². The fourth-order valence-electron chi connectivity index (χ4n) is 2.19. The van der Waals surface area contributed by atoms with Gasteiger partial charge in [0.05, 0.1) is 27.8 Å². The summed E-state index contributed by atoms with van der Waals surface area (Å²) in [5.74, 6) is -0.691. The summed E-state index contributed by atoms with van der Waals surface area (Å²) in [6.45, 7) is -0.0501. The fourth-order valence-corrected chi connectivity index (χ4v) is 2.49. The molecule has 6 nitrogen and oxygen atoms in total. The van der Waals surface area contributed by atoms with Crippen LogP contribution in [0.3, 0.4) is 0 Å². The van der Waals surface area contributed by atoms with E-state index in [9.17, 15) is 28.1 Å². The van der Waals surface area contributed by atoms with Crippen molar-refractivity contribution in [3.05, 3.63) is 62.7 Å². The lowest BCUT2D eigenvalue weighted by atomic mass is 10.1. The molecule has 2 aromatic carbocycles. The molecule has 0 bridgehead atoms. The number of carbonyl (C=O) groups excluding carboxylic acids is 1. The van der Waals surface area contributed by atoms with Gasteiger partial charge in [0.2, 0.25) is 0 Å². The van der Waals surface area contributed by atoms with Crippen LogP contribution in [0.1, 0.15) is 11.1 Å². The van der Waals surface area contributed by atoms with Crippen molar-refractivity contribution >= 4 is 34.9 Å². The number of alkyl halides is 4. The van der Waals surface area contributed by atoms with Gasteiger partial charge in [0.25, 0.3) is 5.69 Å². The molecule has 0 aliphatic rings. The van der Waals surface area contributed by atoms with Gasteiger partial charge in [-0.05, 0) is 30.3 Å². The van der Waals surface area contributed by atoms with Crippen molar-refractivity contribution in [1.29, 1.82) is 0 Å². The number of benzene rings is 2. The van der Waals surface area contributed by atoms with Gasteiger partial charge in [-0.3, -0.25) is 14.9 Å². The quantitative estimate of drug-likeness (QED) is 0.251. The molecule has 28 heavy (non-hydrogen) atoms. The molecule has 2 aromatic rings. The van der Waals surface area contributed by atoms with Crippen molar-refractivity contribution in [2.24, 2.45) is 0 Å². The standard InChI is InChI=1S/C17H12Cl2F3NO5/c18-5-6-27-16(24)8-10-7-12(2-3-14(10)23(25)26)28-15-4-1-11(9-13(15)19)17(20,21)22/h1-4,7,9H,5-6,8H2. The van der Waals surface area contributed by atoms with E-state index in [-0.39, 0.29) is 40.3 Å². The highest BCUT2D eigenvalue weighted by Crippen LogP contribution is 2.37. The molecule has 2 rings (SSSR count). The van der Waals surface area contributed by atoms with Crippen molar-refractivity contribution in [3.8, 4) is 11.5 Å². The SMILES string of the molecule is O=C(Cc1cc(Oc2ccc(C(F)(F)F)cc2Cl)ccc1[N+](=O)[O-])OCCCl. The van der Waals surface area contributed by atoms with Crippen LogP contribution in [-0.2, 0) is 22.1 Å². The Kier molecular flexibility index (Phi) is 7.09. The number of carbonyl (C=O) groups is 1. The van der Waals surface area contributed by atoms with E-state index in [1.165, 1.54) is 12.1 Å². The minimum Gasteiger partial charge on any atom is -0.464 e. The molecule has 0 unspecified atom stereocenters. The highest BCUT2D eigenvalue weighted by Gasteiger charge is 2.31. The number of halogens is 5. The number of ether oxygens (including phenoxy) is 2. The fraction of sp³-hybridized carbons (Fsp3) is 0.235. The Bertz CT molecular complexity index is 890. The summed E-state index contributed by atoms with van der Waals surface area (Å²) in [7, 11) is 0. The zero-order chi connectivity index (χ0) is 20.9. The first-order valence-corrected chi connectivity index (χ1v) is 8.56.